The molecule has 6 heteroatoms. The third-order valence-electron chi connectivity index (χ3n) is 7.35. The van der Waals surface area contributed by atoms with Gasteiger partial charge in [-0.2, -0.15) is 0 Å². The van der Waals surface area contributed by atoms with Crippen molar-refractivity contribution < 1.29 is 13.6 Å². The lowest BCUT2D eigenvalue weighted by Gasteiger charge is -2.40. The van der Waals surface area contributed by atoms with Crippen LogP contribution in [0.3, 0.4) is 0 Å². The van der Waals surface area contributed by atoms with E-state index in [0.717, 1.165) is 59.6 Å². The highest BCUT2D eigenvalue weighted by atomic mass is 19.1. The number of anilines is 2. The number of hydrogen-bond acceptors (Lipinski definition) is 2. The molecule has 0 bridgehead atoms. The first-order chi connectivity index (χ1) is 16.3. The molecule has 0 radical (unpaired) electrons. The molecule has 1 fully saturated rings. The van der Waals surface area contributed by atoms with E-state index in [-0.39, 0.29) is 23.1 Å². The summed E-state index contributed by atoms with van der Waals surface area (Å²) in [6.45, 7) is 6.77. The van der Waals surface area contributed by atoms with Gasteiger partial charge in [0.1, 0.15) is 11.6 Å². The fraction of sp³-hybridized carbons (Fsp3) is 0.321. The molecule has 4 nitrogen and oxygen atoms in total. The molecule has 5 rings (SSSR count). The van der Waals surface area contributed by atoms with Gasteiger partial charge in [0.2, 0.25) is 0 Å². The number of fused-ring (bicyclic) bond motifs is 2. The number of hydrogen-bond donors (Lipinski definition) is 1. The summed E-state index contributed by atoms with van der Waals surface area (Å²) in [6, 6.07) is 17.2. The van der Waals surface area contributed by atoms with Crippen LogP contribution >= 0.6 is 0 Å². The number of piperidine rings is 1. The van der Waals surface area contributed by atoms with E-state index < -0.39 is 0 Å². The molecular weight excluding hydrogens is 432 g/mol. The number of benzene rings is 3. The molecule has 1 spiro atoms. The van der Waals surface area contributed by atoms with E-state index in [0.29, 0.717) is 13.1 Å². The average Bonchev–Trinajstić information content (AvgIpc) is 3.11. The Labute approximate surface area is 199 Å². The summed E-state index contributed by atoms with van der Waals surface area (Å²) >= 11 is 0. The van der Waals surface area contributed by atoms with Gasteiger partial charge in [-0.25, -0.2) is 13.6 Å². The van der Waals surface area contributed by atoms with Gasteiger partial charge >= 0.3 is 6.03 Å². The van der Waals surface area contributed by atoms with Crippen molar-refractivity contribution in [3.05, 3.63) is 94.6 Å². The van der Waals surface area contributed by atoms with E-state index in [4.69, 9.17) is 0 Å². The van der Waals surface area contributed by atoms with Crippen LogP contribution in [0.4, 0.5) is 25.0 Å². The van der Waals surface area contributed by atoms with Crippen LogP contribution in [0.25, 0.3) is 0 Å². The van der Waals surface area contributed by atoms with Gasteiger partial charge in [0.25, 0.3) is 0 Å². The lowest BCUT2D eigenvalue weighted by molar-refractivity contribution is 0.159. The summed E-state index contributed by atoms with van der Waals surface area (Å²) in [7, 11) is 0. The number of halogens is 2. The van der Waals surface area contributed by atoms with Crippen LogP contribution in [0.5, 0.6) is 0 Å². The molecule has 2 aliphatic heterocycles. The van der Waals surface area contributed by atoms with Gasteiger partial charge in [-0.3, -0.25) is 9.80 Å². The van der Waals surface area contributed by atoms with Gasteiger partial charge < -0.3 is 5.32 Å². The lowest BCUT2D eigenvalue weighted by Crippen LogP contribution is -2.46. The zero-order chi connectivity index (χ0) is 23.9. The van der Waals surface area contributed by atoms with Gasteiger partial charge in [-0.15, -0.1) is 0 Å². The lowest BCUT2D eigenvalue weighted by atomic mass is 9.74. The van der Waals surface area contributed by atoms with Crippen molar-refractivity contribution in [2.45, 2.75) is 38.6 Å². The maximum atomic E-state index is 14.3. The third kappa shape index (κ3) is 4.18. The van der Waals surface area contributed by atoms with E-state index >= 15 is 0 Å². The number of nitrogens with zero attached hydrogens (tertiary/aromatic N) is 2. The van der Waals surface area contributed by atoms with Gasteiger partial charge in [0.15, 0.2) is 0 Å². The Kier molecular flexibility index (Phi) is 5.86. The predicted molar refractivity (Wildman–Crippen MR) is 131 cm³/mol. The molecule has 0 aromatic heterocycles. The number of carbonyl (C=O) groups is 1. The highest BCUT2D eigenvalue weighted by molar-refractivity contribution is 6.04. The second-order valence-corrected chi connectivity index (χ2v) is 9.63. The van der Waals surface area contributed by atoms with Crippen LogP contribution in [0.1, 0.15) is 35.1 Å². The SMILES string of the molecule is Cc1cccc(C)c1NC(=O)N1CC2(CCN(Cc3cccc(F)c3)CC2)c2cc(F)ccc21. The van der Waals surface area contributed by atoms with Gasteiger partial charge in [-0.1, -0.05) is 30.3 Å². The molecule has 0 atom stereocenters. The summed E-state index contributed by atoms with van der Waals surface area (Å²) in [4.78, 5) is 17.5. The number of carbonyl (C=O) groups excluding carboxylic acids is 1. The number of amides is 2. The van der Waals surface area contributed by atoms with Crippen LogP contribution in [-0.2, 0) is 12.0 Å². The third-order valence-corrected chi connectivity index (χ3v) is 7.35. The van der Waals surface area contributed by atoms with Crippen LogP contribution in [0, 0.1) is 25.5 Å². The standard InChI is InChI=1S/C28H29F2N3O/c1-19-5-3-6-20(2)26(19)31-27(34)33-18-28(24-16-23(30)9-10-25(24)33)11-13-32(14-12-28)17-21-7-4-8-22(29)15-21/h3-10,15-16H,11-14,17-18H2,1-2H3,(H,31,34). The molecule has 1 N–H and O–H groups in total. The Bertz CT molecular complexity index is 1210. The second kappa shape index (κ2) is 8.84. The molecule has 2 amide bonds. The fourth-order valence-corrected chi connectivity index (χ4v) is 5.47. The minimum atomic E-state index is -0.284. The Morgan fingerprint density at radius 3 is 2.32 bits per heavy atom. The Morgan fingerprint density at radius 1 is 0.941 bits per heavy atom. The first-order valence-electron chi connectivity index (χ1n) is 11.8. The smallest absolute Gasteiger partial charge is 0.307 e. The van der Waals surface area contributed by atoms with Crippen molar-refractivity contribution in [2.75, 3.05) is 29.9 Å². The molecule has 3 aromatic carbocycles. The number of para-hydroxylation sites is 1. The summed E-state index contributed by atoms with van der Waals surface area (Å²) in [6.07, 6.45) is 1.62. The summed E-state index contributed by atoms with van der Waals surface area (Å²) in [5.41, 5.74) is 5.19. The normalized spacial score (nSPS) is 17.1. The average molecular weight is 462 g/mol. The van der Waals surface area contributed by atoms with Crippen molar-refractivity contribution in [3.8, 4) is 0 Å². The van der Waals surface area contributed by atoms with Crippen LogP contribution in [0.2, 0.25) is 0 Å². The van der Waals surface area contributed by atoms with Crippen molar-refractivity contribution in [2.24, 2.45) is 0 Å². The topological polar surface area (TPSA) is 35.6 Å². The van der Waals surface area contributed by atoms with Crippen LogP contribution in [0.15, 0.2) is 60.7 Å². The summed E-state index contributed by atoms with van der Waals surface area (Å²) in [5, 5.41) is 3.09. The van der Waals surface area contributed by atoms with Crippen molar-refractivity contribution in [1.29, 1.82) is 0 Å². The van der Waals surface area contributed by atoms with E-state index in [1.54, 1.807) is 29.2 Å². The van der Waals surface area contributed by atoms with Crippen molar-refractivity contribution in [3.63, 3.8) is 0 Å². The van der Waals surface area contributed by atoms with Crippen molar-refractivity contribution >= 4 is 17.4 Å². The zero-order valence-corrected chi connectivity index (χ0v) is 19.6. The summed E-state index contributed by atoms with van der Waals surface area (Å²) in [5.74, 6) is -0.506. The van der Waals surface area contributed by atoms with E-state index in [1.807, 2.05) is 38.1 Å². The fourth-order valence-electron chi connectivity index (χ4n) is 5.47. The quantitative estimate of drug-likeness (QED) is 0.507. The number of rotatable bonds is 3. The minimum absolute atomic E-state index is 0.190. The van der Waals surface area contributed by atoms with Gasteiger partial charge in [0.05, 0.1) is 0 Å². The van der Waals surface area contributed by atoms with Crippen LogP contribution < -0.4 is 10.2 Å². The number of likely N-dealkylation sites (tertiary alicyclic amines) is 1. The molecule has 0 unspecified atom stereocenters. The molecule has 176 valence electrons. The number of urea groups is 1. The van der Waals surface area contributed by atoms with E-state index in [1.165, 1.54) is 12.1 Å². The maximum absolute atomic E-state index is 14.3. The second-order valence-electron chi connectivity index (χ2n) is 9.63. The Morgan fingerprint density at radius 2 is 1.62 bits per heavy atom. The molecule has 2 heterocycles. The minimum Gasteiger partial charge on any atom is -0.307 e. The van der Waals surface area contributed by atoms with Gasteiger partial charge in [-0.05, 0) is 92.4 Å². The van der Waals surface area contributed by atoms with Crippen molar-refractivity contribution in [1.82, 2.24) is 4.90 Å². The Hall–Kier alpha value is -3.25. The Balaban J connectivity index is 1.36. The summed E-state index contributed by atoms with van der Waals surface area (Å²) < 4.78 is 27.9. The zero-order valence-electron chi connectivity index (χ0n) is 19.6. The first-order valence-corrected chi connectivity index (χ1v) is 11.8. The molecule has 1 saturated heterocycles. The highest BCUT2D eigenvalue weighted by Crippen LogP contribution is 2.47. The highest BCUT2D eigenvalue weighted by Gasteiger charge is 2.46. The predicted octanol–water partition coefficient (Wildman–Crippen LogP) is 6.17. The van der Waals surface area contributed by atoms with E-state index in [9.17, 15) is 13.6 Å². The van der Waals surface area contributed by atoms with E-state index in [2.05, 4.69) is 10.2 Å². The monoisotopic (exact) mass is 461 g/mol. The molecule has 2 aliphatic rings. The molecule has 3 aromatic rings. The molecule has 0 saturated carbocycles. The maximum Gasteiger partial charge on any atom is 0.326 e. The first kappa shape index (κ1) is 22.5. The molecule has 34 heavy (non-hydrogen) atoms. The number of aryl methyl sites for hydroxylation is 2. The van der Waals surface area contributed by atoms with Gasteiger partial charge in [0, 0.05) is 29.9 Å². The molecular formula is C28H29F2N3O. The largest absolute Gasteiger partial charge is 0.326 e. The molecule has 0 aliphatic carbocycles. The van der Waals surface area contributed by atoms with Crippen LogP contribution in [-0.4, -0.2) is 30.6 Å². The number of nitrogens with one attached hydrogen (secondary N) is 1.